The minimum absolute atomic E-state index is 0.307. The second-order valence-corrected chi connectivity index (χ2v) is 3.56. The highest BCUT2D eigenvalue weighted by Crippen LogP contribution is 2.28. The fourth-order valence-electron chi connectivity index (χ4n) is 1.02. The van der Waals surface area contributed by atoms with Crippen LogP contribution in [0.4, 0.5) is 0 Å². The molecule has 0 amide bonds. The molecule has 1 rings (SSSR count). The number of ether oxygens (including phenoxy) is 2. The minimum atomic E-state index is -0.307. The predicted molar refractivity (Wildman–Crippen MR) is 58.2 cm³/mol. The van der Waals surface area contributed by atoms with Crippen LogP contribution in [0, 0.1) is 0 Å². The number of rotatable bonds is 4. The third-order valence-corrected chi connectivity index (χ3v) is 2.12. The molecule has 0 saturated heterocycles. The zero-order valence-electron chi connectivity index (χ0n) is 8.09. The molecule has 0 bridgehead atoms. The minimum Gasteiger partial charge on any atom is -0.464 e. The van der Waals surface area contributed by atoms with Gasteiger partial charge in [0, 0.05) is 11.6 Å². The Morgan fingerprint density at radius 2 is 2.07 bits per heavy atom. The van der Waals surface area contributed by atoms with E-state index in [1.54, 1.807) is 18.2 Å². The highest BCUT2D eigenvalue weighted by Gasteiger charge is 2.06. The number of benzene rings is 1. The molecule has 78 valence electrons. The zero-order valence-corrected chi connectivity index (χ0v) is 9.60. The molecule has 0 aliphatic rings. The molecule has 1 unspecified atom stereocenters. The molecular weight excluding hydrogens is 223 g/mol. The van der Waals surface area contributed by atoms with Crippen LogP contribution in [-0.2, 0) is 4.74 Å². The fourth-order valence-corrected chi connectivity index (χ4v) is 1.47. The molecule has 1 atom stereocenters. The Kier molecular flexibility index (Phi) is 4.52. The van der Waals surface area contributed by atoms with Gasteiger partial charge in [-0.05, 0) is 32.0 Å². The van der Waals surface area contributed by atoms with E-state index >= 15 is 0 Å². The molecule has 0 aliphatic carbocycles. The van der Waals surface area contributed by atoms with Crippen LogP contribution in [0.3, 0.4) is 0 Å². The smallest absolute Gasteiger partial charge is 0.197 e. The van der Waals surface area contributed by atoms with E-state index in [4.69, 9.17) is 32.7 Å². The topological polar surface area (TPSA) is 18.5 Å². The molecule has 0 heterocycles. The van der Waals surface area contributed by atoms with Gasteiger partial charge in [-0.1, -0.05) is 23.2 Å². The molecule has 14 heavy (non-hydrogen) atoms. The van der Waals surface area contributed by atoms with Gasteiger partial charge in [0.15, 0.2) is 6.29 Å². The lowest BCUT2D eigenvalue weighted by molar-refractivity contribution is -0.0612. The molecule has 0 N–H and O–H groups in total. The highest BCUT2D eigenvalue weighted by molar-refractivity contribution is 6.35. The Balaban J connectivity index is 2.67. The van der Waals surface area contributed by atoms with Crippen LogP contribution in [0.25, 0.3) is 0 Å². The van der Waals surface area contributed by atoms with Gasteiger partial charge in [-0.2, -0.15) is 0 Å². The van der Waals surface area contributed by atoms with Crippen LogP contribution in [0.1, 0.15) is 13.8 Å². The maximum atomic E-state index is 5.91. The van der Waals surface area contributed by atoms with Crippen molar-refractivity contribution in [2.75, 3.05) is 6.61 Å². The Bertz CT molecular complexity index is 302. The van der Waals surface area contributed by atoms with Gasteiger partial charge >= 0.3 is 0 Å². The summed E-state index contributed by atoms with van der Waals surface area (Å²) in [5.74, 6) is 0.581. The van der Waals surface area contributed by atoms with Crippen molar-refractivity contribution >= 4 is 23.2 Å². The first kappa shape index (κ1) is 11.6. The van der Waals surface area contributed by atoms with Crippen LogP contribution in [-0.4, -0.2) is 12.9 Å². The van der Waals surface area contributed by atoms with Crippen LogP contribution in [0.5, 0.6) is 5.75 Å². The molecule has 0 fully saturated rings. The molecule has 2 nitrogen and oxygen atoms in total. The Labute approximate surface area is 93.7 Å². The van der Waals surface area contributed by atoms with E-state index in [0.717, 1.165) is 0 Å². The first-order chi connectivity index (χ1) is 6.63. The molecule has 0 aromatic heterocycles. The Morgan fingerprint density at radius 1 is 1.36 bits per heavy atom. The first-order valence-corrected chi connectivity index (χ1v) is 5.12. The summed E-state index contributed by atoms with van der Waals surface area (Å²) in [5.41, 5.74) is 0. The summed E-state index contributed by atoms with van der Waals surface area (Å²) in [6, 6.07) is 5.08. The summed E-state index contributed by atoms with van der Waals surface area (Å²) >= 11 is 11.7. The Morgan fingerprint density at radius 3 is 2.64 bits per heavy atom. The van der Waals surface area contributed by atoms with Crippen LogP contribution in [0.2, 0.25) is 10.0 Å². The largest absolute Gasteiger partial charge is 0.464 e. The third-order valence-electron chi connectivity index (χ3n) is 1.59. The van der Waals surface area contributed by atoms with Crippen LogP contribution in [0.15, 0.2) is 18.2 Å². The van der Waals surface area contributed by atoms with E-state index in [1.807, 2.05) is 13.8 Å². The second-order valence-electron chi connectivity index (χ2n) is 2.72. The maximum Gasteiger partial charge on any atom is 0.197 e. The van der Waals surface area contributed by atoms with Crippen LogP contribution >= 0.6 is 23.2 Å². The molecule has 0 aliphatic heterocycles. The normalized spacial score (nSPS) is 12.6. The number of hydrogen-bond acceptors (Lipinski definition) is 2. The van der Waals surface area contributed by atoms with Crippen LogP contribution < -0.4 is 4.74 Å². The van der Waals surface area contributed by atoms with Gasteiger partial charge in [-0.3, -0.25) is 0 Å². The van der Waals surface area contributed by atoms with Gasteiger partial charge in [-0.25, -0.2) is 0 Å². The van der Waals surface area contributed by atoms with Gasteiger partial charge in [0.25, 0.3) is 0 Å². The zero-order chi connectivity index (χ0) is 10.6. The van der Waals surface area contributed by atoms with E-state index in [9.17, 15) is 0 Å². The summed E-state index contributed by atoms with van der Waals surface area (Å²) in [6.07, 6.45) is -0.307. The van der Waals surface area contributed by atoms with Crippen molar-refractivity contribution in [2.45, 2.75) is 20.1 Å². The van der Waals surface area contributed by atoms with Gasteiger partial charge in [-0.15, -0.1) is 0 Å². The molecular formula is C10H12Cl2O2. The van der Waals surface area contributed by atoms with E-state index in [2.05, 4.69) is 0 Å². The molecule has 0 radical (unpaired) electrons. The molecule has 1 aromatic carbocycles. The first-order valence-electron chi connectivity index (χ1n) is 4.36. The quantitative estimate of drug-likeness (QED) is 0.740. The highest BCUT2D eigenvalue weighted by atomic mass is 35.5. The van der Waals surface area contributed by atoms with Crippen molar-refractivity contribution in [1.29, 1.82) is 0 Å². The van der Waals surface area contributed by atoms with Crippen molar-refractivity contribution in [3.05, 3.63) is 28.2 Å². The number of halogens is 2. The average molecular weight is 235 g/mol. The second kappa shape index (κ2) is 5.44. The third kappa shape index (κ3) is 3.37. The number of hydrogen-bond donors (Lipinski definition) is 0. The monoisotopic (exact) mass is 234 g/mol. The summed E-state index contributed by atoms with van der Waals surface area (Å²) in [5, 5.41) is 1.08. The molecule has 1 aromatic rings. The Hall–Kier alpha value is -0.440. The lowest BCUT2D eigenvalue weighted by Crippen LogP contribution is -2.16. The lowest BCUT2D eigenvalue weighted by Gasteiger charge is -2.15. The summed E-state index contributed by atoms with van der Waals surface area (Å²) in [4.78, 5) is 0. The van der Waals surface area contributed by atoms with Gasteiger partial charge in [0.05, 0.1) is 5.02 Å². The standard InChI is InChI=1S/C10H12Cl2O2/c1-3-13-7(2)14-10-5-4-8(11)6-9(10)12/h4-7H,3H2,1-2H3. The van der Waals surface area contributed by atoms with E-state index in [-0.39, 0.29) is 6.29 Å². The molecule has 0 saturated carbocycles. The summed E-state index contributed by atoms with van der Waals surface area (Å²) in [6.45, 7) is 4.32. The van der Waals surface area contributed by atoms with E-state index in [0.29, 0.717) is 22.4 Å². The van der Waals surface area contributed by atoms with Gasteiger partial charge in [0.1, 0.15) is 5.75 Å². The average Bonchev–Trinajstić information content (AvgIpc) is 2.10. The van der Waals surface area contributed by atoms with Crippen molar-refractivity contribution < 1.29 is 9.47 Å². The lowest BCUT2D eigenvalue weighted by atomic mass is 10.3. The van der Waals surface area contributed by atoms with Gasteiger partial charge < -0.3 is 9.47 Å². The van der Waals surface area contributed by atoms with Crippen molar-refractivity contribution in [3.8, 4) is 5.75 Å². The SMILES string of the molecule is CCOC(C)Oc1ccc(Cl)cc1Cl. The van der Waals surface area contributed by atoms with E-state index in [1.165, 1.54) is 0 Å². The fraction of sp³-hybridized carbons (Fsp3) is 0.400. The molecule has 4 heteroatoms. The maximum absolute atomic E-state index is 5.91. The molecule has 0 spiro atoms. The van der Waals surface area contributed by atoms with Gasteiger partial charge in [0.2, 0.25) is 0 Å². The summed E-state index contributed by atoms with van der Waals surface area (Å²) in [7, 11) is 0. The van der Waals surface area contributed by atoms with Crippen molar-refractivity contribution in [2.24, 2.45) is 0 Å². The predicted octanol–water partition coefficient (Wildman–Crippen LogP) is 3.75. The van der Waals surface area contributed by atoms with Crippen molar-refractivity contribution in [1.82, 2.24) is 0 Å². The van der Waals surface area contributed by atoms with Crippen molar-refractivity contribution in [3.63, 3.8) is 0 Å². The van der Waals surface area contributed by atoms with E-state index < -0.39 is 0 Å². The summed E-state index contributed by atoms with van der Waals surface area (Å²) < 4.78 is 10.6.